The molecular weight excluding hydrogens is 458 g/mol. The van der Waals surface area contributed by atoms with E-state index in [2.05, 4.69) is 39.9 Å². The number of hydrogen-bond donors (Lipinski definition) is 3. The molecular formula is C27H43N5O4. The van der Waals surface area contributed by atoms with Crippen molar-refractivity contribution in [2.75, 3.05) is 20.6 Å². The van der Waals surface area contributed by atoms with Crippen LogP contribution in [0.25, 0.3) is 0 Å². The van der Waals surface area contributed by atoms with Crippen LogP contribution in [0.5, 0.6) is 0 Å². The van der Waals surface area contributed by atoms with Crippen molar-refractivity contribution in [3.05, 3.63) is 53.3 Å². The number of nitrogens with zero attached hydrogens (tertiary/aromatic N) is 2. The average molecular weight is 502 g/mol. The lowest BCUT2D eigenvalue weighted by atomic mass is 9.99. The van der Waals surface area contributed by atoms with E-state index in [0.29, 0.717) is 6.42 Å². The number of carbonyl (C=O) groups excluding carboxylic acids is 3. The minimum Gasteiger partial charge on any atom is -0.444 e. The Hall–Kier alpha value is -3.36. The van der Waals surface area contributed by atoms with Gasteiger partial charge in [0.05, 0.1) is 6.20 Å². The van der Waals surface area contributed by atoms with Crippen molar-refractivity contribution < 1.29 is 19.1 Å². The summed E-state index contributed by atoms with van der Waals surface area (Å²) in [5.41, 5.74) is 3.50. The molecule has 0 radical (unpaired) electrons. The molecule has 2 aromatic rings. The molecule has 0 unspecified atom stereocenters. The maximum Gasteiger partial charge on any atom is 0.408 e. The van der Waals surface area contributed by atoms with Crippen LogP contribution in [-0.2, 0) is 27.2 Å². The topological polar surface area (TPSA) is 116 Å². The molecule has 0 saturated heterocycles. The maximum absolute atomic E-state index is 11.9. The predicted octanol–water partition coefficient (Wildman–Crippen LogP) is 3.78. The van der Waals surface area contributed by atoms with Crippen LogP contribution in [-0.4, -0.2) is 65.3 Å². The number of aromatic amines is 1. The molecule has 9 heteroatoms. The molecule has 1 aliphatic carbocycles. The minimum atomic E-state index is -0.660. The van der Waals surface area contributed by atoms with Crippen LogP contribution < -0.4 is 10.6 Å². The van der Waals surface area contributed by atoms with Gasteiger partial charge in [0.1, 0.15) is 18.2 Å². The molecule has 3 amide bonds. The standard InChI is InChI=1S/C13H25N3O4.C7H10N2.C7H8/c1-7-9(11(18)14-5)16(6)10(17)8-15-12(19)20-13(2,3)4;1-2-4-7-6(3-1)5-8-9-7;1-7-5-3-2-4-6-7/h9H,7-8H2,1-6H3,(H,14,18)(H,15,19);5H,1-4H2,(H,8,9);2-6H,1H3/t9-;;/m0../s1. The van der Waals surface area contributed by atoms with E-state index in [9.17, 15) is 14.4 Å². The minimum absolute atomic E-state index is 0.209. The Balaban J connectivity index is 0.000000324. The molecule has 0 fully saturated rings. The largest absolute Gasteiger partial charge is 0.444 e. The molecule has 9 nitrogen and oxygen atoms in total. The fourth-order valence-corrected chi connectivity index (χ4v) is 3.48. The van der Waals surface area contributed by atoms with E-state index in [1.54, 1.807) is 20.8 Å². The average Bonchev–Trinajstić information content (AvgIpc) is 3.32. The molecule has 1 heterocycles. The summed E-state index contributed by atoms with van der Waals surface area (Å²) in [6.45, 7) is 8.89. The van der Waals surface area contributed by atoms with Crippen molar-refractivity contribution in [2.24, 2.45) is 0 Å². The highest BCUT2D eigenvalue weighted by atomic mass is 16.6. The molecule has 0 saturated carbocycles. The Morgan fingerprint density at radius 3 is 2.28 bits per heavy atom. The second-order valence-electron chi connectivity index (χ2n) is 9.63. The van der Waals surface area contributed by atoms with Gasteiger partial charge < -0.3 is 20.3 Å². The van der Waals surface area contributed by atoms with Gasteiger partial charge in [-0.15, -0.1) is 0 Å². The number of H-pyrrole nitrogens is 1. The van der Waals surface area contributed by atoms with Crippen LogP contribution in [0.1, 0.15) is 63.8 Å². The first-order chi connectivity index (χ1) is 17.0. The number of ether oxygens (including phenoxy) is 1. The number of benzene rings is 1. The van der Waals surface area contributed by atoms with Crippen LogP contribution in [0.15, 0.2) is 36.5 Å². The second-order valence-corrected chi connectivity index (χ2v) is 9.63. The molecule has 36 heavy (non-hydrogen) atoms. The van der Waals surface area contributed by atoms with Crippen LogP contribution in [0.2, 0.25) is 0 Å². The molecule has 3 N–H and O–H groups in total. The zero-order valence-corrected chi connectivity index (χ0v) is 22.8. The van der Waals surface area contributed by atoms with Crippen LogP contribution in [0, 0.1) is 6.92 Å². The summed E-state index contributed by atoms with van der Waals surface area (Å²) in [6.07, 6.45) is 6.89. The Bertz CT molecular complexity index is 917. The first kappa shape index (κ1) is 30.7. The number of hydrogen-bond acceptors (Lipinski definition) is 5. The SMILES string of the molecule is CC[C@@H](C(=O)NC)N(C)C(=O)CNC(=O)OC(C)(C)C.Cc1ccccc1.c1n[nH]c2c1CCCC2. The van der Waals surface area contributed by atoms with Gasteiger partial charge in [-0.2, -0.15) is 5.10 Å². The third-order valence-electron chi connectivity index (χ3n) is 5.45. The summed E-state index contributed by atoms with van der Waals surface area (Å²) in [7, 11) is 3.05. The number of likely N-dealkylation sites (N-methyl/N-ethyl adjacent to an activating group) is 2. The molecule has 1 aromatic heterocycles. The predicted molar refractivity (Wildman–Crippen MR) is 142 cm³/mol. The normalized spacial score (nSPS) is 12.9. The van der Waals surface area contributed by atoms with Crippen molar-refractivity contribution in [1.29, 1.82) is 0 Å². The summed E-state index contributed by atoms with van der Waals surface area (Å²) in [5.74, 6) is -0.591. The fraction of sp³-hybridized carbons (Fsp3) is 0.556. The number of carbonyl (C=O) groups is 3. The van der Waals surface area contributed by atoms with E-state index >= 15 is 0 Å². The molecule has 1 atom stereocenters. The third-order valence-corrected chi connectivity index (χ3v) is 5.45. The van der Waals surface area contributed by atoms with E-state index < -0.39 is 17.7 Å². The highest BCUT2D eigenvalue weighted by Crippen LogP contribution is 2.17. The van der Waals surface area contributed by atoms with Gasteiger partial charge in [0.15, 0.2) is 0 Å². The molecule has 1 aliphatic rings. The molecule has 1 aromatic carbocycles. The van der Waals surface area contributed by atoms with E-state index in [4.69, 9.17) is 4.74 Å². The molecule has 200 valence electrons. The highest BCUT2D eigenvalue weighted by molar-refractivity contribution is 5.89. The summed E-state index contributed by atoms with van der Waals surface area (Å²) < 4.78 is 5.02. The van der Waals surface area contributed by atoms with Crippen LogP contribution in [0.4, 0.5) is 4.79 Å². The van der Waals surface area contributed by atoms with E-state index in [1.807, 2.05) is 31.3 Å². The van der Waals surface area contributed by atoms with Gasteiger partial charge in [0, 0.05) is 19.8 Å². The quantitative estimate of drug-likeness (QED) is 0.577. The van der Waals surface area contributed by atoms with E-state index in [0.717, 1.165) is 0 Å². The Labute approximate surface area is 215 Å². The van der Waals surface area contributed by atoms with Crippen molar-refractivity contribution in [2.45, 2.75) is 78.4 Å². The lowest BCUT2D eigenvalue weighted by Crippen LogP contribution is -2.49. The van der Waals surface area contributed by atoms with E-state index in [-0.39, 0.29) is 18.4 Å². The highest BCUT2D eigenvalue weighted by Gasteiger charge is 2.25. The monoisotopic (exact) mass is 501 g/mol. The first-order valence-electron chi connectivity index (χ1n) is 12.4. The zero-order chi connectivity index (χ0) is 27.1. The fourth-order valence-electron chi connectivity index (χ4n) is 3.48. The lowest BCUT2D eigenvalue weighted by molar-refractivity contribution is -0.138. The molecule has 0 bridgehead atoms. The van der Waals surface area contributed by atoms with Crippen molar-refractivity contribution >= 4 is 17.9 Å². The third kappa shape index (κ3) is 11.9. The summed E-state index contributed by atoms with van der Waals surface area (Å²) >= 11 is 0. The number of amides is 3. The van der Waals surface area contributed by atoms with Crippen LogP contribution >= 0.6 is 0 Å². The summed E-state index contributed by atoms with van der Waals surface area (Å²) in [6, 6.07) is 9.71. The summed E-state index contributed by atoms with van der Waals surface area (Å²) in [4.78, 5) is 36.3. The van der Waals surface area contributed by atoms with Gasteiger partial charge >= 0.3 is 6.09 Å². The van der Waals surface area contributed by atoms with Gasteiger partial charge in [0.25, 0.3) is 0 Å². The van der Waals surface area contributed by atoms with Gasteiger partial charge in [-0.25, -0.2) is 4.79 Å². The zero-order valence-electron chi connectivity index (χ0n) is 22.8. The number of alkyl carbamates (subject to hydrolysis) is 1. The van der Waals surface area contributed by atoms with Gasteiger partial charge in [-0.05, 0) is 65.4 Å². The Morgan fingerprint density at radius 1 is 1.14 bits per heavy atom. The number of rotatable bonds is 5. The lowest BCUT2D eigenvalue weighted by Gasteiger charge is -2.26. The van der Waals surface area contributed by atoms with Crippen molar-refractivity contribution in [1.82, 2.24) is 25.7 Å². The molecule has 0 aliphatic heterocycles. The van der Waals surface area contributed by atoms with Crippen molar-refractivity contribution in [3.63, 3.8) is 0 Å². The smallest absolute Gasteiger partial charge is 0.408 e. The van der Waals surface area contributed by atoms with Gasteiger partial charge in [-0.3, -0.25) is 14.7 Å². The number of aryl methyl sites for hydroxylation is 3. The number of fused-ring (bicyclic) bond motifs is 1. The number of nitrogens with one attached hydrogen (secondary N) is 3. The molecule has 3 rings (SSSR count). The first-order valence-corrected chi connectivity index (χ1v) is 12.4. The number of aromatic nitrogens is 2. The maximum atomic E-state index is 11.9. The Kier molecular flexibility index (Phi) is 13.3. The Morgan fingerprint density at radius 2 is 1.78 bits per heavy atom. The van der Waals surface area contributed by atoms with Gasteiger partial charge in [-0.1, -0.05) is 42.8 Å². The molecule has 0 spiro atoms. The van der Waals surface area contributed by atoms with Crippen molar-refractivity contribution in [3.8, 4) is 0 Å². The van der Waals surface area contributed by atoms with E-state index in [1.165, 1.54) is 61.5 Å². The van der Waals surface area contributed by atoms with Gasteiger partial charge in [0.2, 0.25) is 11.8 Å². The second kappa shape index (κ2) is 15.6. The summed E-state index contributed by atoms with van der Waals surface area (Å²) in [5, 5.41) is 11.9. The van der Waals surface area contributed by atoms with Crippen LogP contribution in [0.3, 0.4) is 0 Å².